The van der Waals surface area contributed by atoms with Crippen LogP contribution in [0.4, 0.5) is 8.78 Å². The largest absolute Gasteiger partial charge is 0.493 e. The summed E-state index contributed by atoms with van der Waals surface area (Å²) in [6.45, 7) is 1.98. The van der Waals surface area contributed by atoms with Gasteiger partial charge in [0.2, 0.25) is 0 Å². The topological polar surface area (TPSA) is 29.5 Å². The molecule has 0 bridgehead atoms. The molecule has 0 amide bonds. The number of hydrogen-bond donors (Lipinski definition) is 1. The molecule has 1 atom stereocenters. The Kier molecular flexibility index (Phi) is 3.59. The molecule has 0 saturated heterocycles. The number of fused-ring (bicyclic) bond motifs is 1. The van der Waals surface area contributed by atoms with E-state index in [-0.39, 0.29) is 11.1 Å². The van der Waals surface area contributed by atoms with E-state index in [0.29, 0.717) is 29.4 Å². The number of ether oxygens (including phenoxy) is 1. The number of benzene rings is 2. The first kappa shape index (κ1) is 14.3. The van der Waals surface area contributed by atoms with Crippen LogP contribution >= 0.6 is 11.6 Å². The van der Waals surface area contributed by atoms with Crippen molar-refractivity contribution >= 4 is 11.6 Å². The van der Waals surface area contributed by atoms with Gasteiger partial charge in [-0.3, -0.25) is 0 Å². The minimum absolute atomic E-state index is 0.269. The number of hydrogen-bond acceptors (Lipinski definition) is 2. The van der Waals surface area contributed by atoms with Crippen LogP contribution in [0.2, 0.25) is 5.02 Å². The van der Waals surface area contributed by atoms with E-state index in [1.807, 2.05) is 0 Å². The maximum atomic E-state index is 14.2. The Balaban J connectivity index is 2.16. The van der Waals surface area contributed by atoms with Gasteiger partial charge in [-0.25, -0.2) is 8.78 Å². The van der Waals surface area contributed by atoms with E-state index in [0.717, 1.165) is 11.6 Å². The van der Waals surface area contributed by atoms with Crippen molar-refractivity contribution in [2.24, 2.45) is 0 Å². The van der Waals surface area contributed by atoms with E-state index >= 15 is 0 Å². The maximum absolute atomic E-state index is 14.2. The normalized spacial score (nSPS) is 14.7. The van der Waals surface area contributed by atoms with Crippen molar-refractivity contribution in [1.82, 2.24) is 0 Å². The van der Waals surface area contributed by atoms with E-state index in [4.69, 9.17) is 16.3 Å². The molecule has 0 aromatic heterocycles. The fourth-order valence-electron chi connectivity index (χ4n) is 2.59. The zero-order valence-electron chi connectivity index (χ0n) is 11.3. The highest BCUT2D eigenvalue weighted by atomic mass is 35.5. The van der Waals surface area contributed by atoms with Gasteiger partial charge < -0.3 is 9.84 Å². The van der Waals surface area contributed by atoms with Gasteiger partial charge in [-0.05, 0) is 36.2 Å². The zero-order chi connectivity index (χ0) is 15.1. The van der Waals surface area contributed by atoms with Gasteiger partial charge in [0.1, 0.15) is 23.5 Å². The van der Waals surface area contributed by atoms with Crippen LogP contribution in [0.5, 0.6) is 5.75 Å². The number of aryl methyl sites for hydroxylation is 1. The predicted molar refractivity (Wildman–Crippen MR) is 75.8 cm³/mol. The van der Waals surface area contributed by atoms with E-state index < -0.39 is 17.7 Å². The van der Waals surface area contributed by atoms with E-state index in [1.54, 1.807) is 6.07 Å². The number of aliphatic hydroxyl groups is 1. The lowest BCUT2D eigenvalue weighted by molar-refractivity contribution is 0.203. The van der Waals surface area contributed by atoms with Crippen LogP contribution < -0.4 is 4.74 Å². The second kappa shape index (κ2) is 5.28. The molecule has 110 valence electrons. The lowest BCUT2D eigenvalue weighted by Crippen LogP contribution is -2.08. The highest BCUT2D eigenvalue weighted by Gasteiger charge is 2.27. The third-order valence-electron chi connectivity index (χ3n) is 3.66. The van der Waals surface area contributed by atoms with Crippen LogP contribution in [0.3, 0.4) is 0 Å². The second-order valence-electron chi connectivity index (χ2n) is 5.08. The molecule has 0 aliphatic carbocycles. The van der Waals surface area contributed by atoms with Crippen molar-refractivity contribution in [3.05, 3.63) is 63.2 Å². The minimum atomic E-state index is -1.46. The zero-order valence-corrected chi connectivity index (χ0v) is 12.0. The SMILES string of the molecule is Cc1ccc(F)c(C(O)c2cc(Cl)cc3c2OCC3)c1F. The molecule has 2 aromatic rings. The minimum Gasteiger partial charge on any atom is -0.493 e. The summed E-state index contributed by atoms with van der Waals surface area (Å²) in [5.74, 6) is -1.08. The van der Waals surface area contributed by atoms with Crippen molar-refractivity contribution in [2.75, 3.05) is 6.61 Å². The van der Waals surface area contributed by atoms with Gasteiger partial charge in [0, 0.05) is 17.0 Å². The molecule has 0 spiro atoms. The van der Waals surface area contributed by atoms with Crippen LogP contribution in [0.25, 0.3) is 0 Å². The van der Waals surface area contributed by atoms with Crippen molar-refractivity contribution in [3.63, 3.8) is 0 Å². The first-order chi connectivity index (χ1) is 9.99. The summed E-state index contributed by atoms with van der Waals surface area (Å²) in [4.78, 5) is 0. The molecule has 1 aliphatic heterocycles. The predicted octanol–water partition coefficient (Wildman–Crippen LogP) is 3.94. The summed E-state index contributed by atoms with van der Waals surface area (Å²) < 4.78 is 33.6. The molecule has 0 fully saturated rings. The van der Waals surface area contributed by atoms with E-state index in [1.165, 1.54) is 19.1 Å². The Hall–Kier alpha value is -1.65. The third-order valence-corrected chi connectivity index (χ3v) is 3.88. The number of rotatable bonds is 2. The Morgan fingerprint density at radius 1 is 1.29 bits per heavy atom. The van der Waals surface area contributed by atoms with Gasteiger partial charge >= 0.3 is 0 Å². The first-order valence-corrected chi connectivity index (χ1v) is 6.94. The van der Waals surface area contributed by atoms with Crippen molar-refractivity contribution in [3.8, 4) is 5.75 Å². The molecule has 1 N–H and O–H groups in total. The van der Waals surface area contributed by atoms with Gasteiger partial charge in [-0.15, -0.1) is 0 Å². The van der Waals surface area contributed by atoms with Crippen LogP contribution in [-0.2, 0) is 6.42 Å². The van der Waals surface area contributed by atoms with Crippen LogP contribution in [0, 0.1) is 18.6 Å². The standard InChI is InChI=1S/C16H13ClF2O2/c1-8-2-3-12(18)13(14(8)19)15(20)11-7-10(17)6-9-4-5-21-16(9)11/h2-3,6-7,15,20H,4-5H2,1H3. The molecule has 2 nitrogen and oxygen atoms in total. The molecule has 1 aliphatic rings. The Labute approximate surface area is 125 Å². The van der Waals surface area contributed by atoms with E-state index in [9.17, 15) is 13.9 Å². The molecule has 5 heteroatoms. The average molecular weight is 311 g/mol. The van der Waals surface area contributed by atoms with Crippen LogP contribution in [0.1, 0.15) is 28.4 Å². The fourth-order valence-corrected chi connectivity index (χ4v) is 2.83. The highest BCUT2D eigenvalue weighted by molar-refractivity contribution is 6.30. The molecular weight excluding hydrogens is 298 g/mol. The highest BCUT2D eigenvalue weighted by Crippen LogP contribution is 2.40. The second-order valence-corrected chi connectivity index (χ2v) is 5.51. The Morgan fingerprint density at radius 2 is 2.05 bits per heavy atom. The molecule has 3 rings (SSSR count). The Bertz CT molecular complexity index is 716. The summed E-state index contributed by atoms with van der Waals surface area (Å²) in [5, 5.41) is 10.9. The Morgan fingerprint density at radius 3 is 2.81 bits per heavy atom. The molecule has 1 heterocycles. The fraction of sp³-hybridized carbons (Fsp3) is 0.250. The molecule has 0 radical (unpaired) electrons. The van der Waals surface area contributed by atoms with Gasteiger partial charge in [0.05, 0.1) is 12.2 Å². The summed E-state index contributed by atoms with van der Waals surface area (Å²) >= 11 is 6.02. The number of aliphatic hydroxyl groups excluding tert-OH is 1. The average Bonchev–Trinajstić information content (AvgIpc) is 2.90. The van der Waals surface area contributed by atoms with Crippen LogP contribution in [0.15, 0.2) is 24.3 Å². The molecule has 2 aromatic carbocycles. The van der Waals surface area contributed by atoms with E-state index in [2.05, 4.69) is 0 Å². The third kappa shape index (κ3) is 2.39. The molecular formula is C16H13ClF2O2. The lowest BCUT2D eigenvalue weighted by Gasteiger charge is -2.17. The molecule has 0 saturated carbocycles. The van der Waals surface area contributed by atoms with Crippen molar-refractivity contribution < 1.29 is 18.6 Å². The van der Waals surface area contributed by atoms with Gasteiger partial charge in [0.25, 0.3) is 0 Å². The van der Waals surface area contributed by atoms with Gasteiger partial charge in [-0.2, -0.15) is 0 Å². The van der Waals surface area contributed by atoms with Gasteiger partial charge in [-0.1, -0.05) is 17.7 Å². The smallest absolute Gasteiger partial charge is 0.135 e. The number of halogens is 3. The van der Waals surface area contributed by atoms with Gasteiger partial charge in [0.15, 0.2) is 0 Å². The van der Waals surface area contributed by atoms with Crippen molar-refractivity contribution in [1.29, 1.82) is 0 Å². The quantitative estimate of drug-likeness (QED) is 0.910. The summed E-state index contributed by atoms with van der Waals surface area (Å²) in [5.41, 5.74) is 1.02. The maximum Gasteiger partial charge on any atom is 0.135 e. The molecule has 21 heavy (non-hydrogen) atoms. The monoisotopic (exact) mass is 310 g/mol. The molecule has 1 unspecified atom stereocenters. The van der Waals surface area contributed by atoms with Crippen molar-refractivity contribution in [2.45, 2.75) is 19.4 Å². The summed E-state index contributed by atoms with van der Waals surface area (Å²) in [6.07, 6.45) is -0.801. The summed E-state index contributed by atoms with van der Waals surface area (Å²) in [7, 11) is 0. The first-order valence-electron chi connectivity index (χ1n) is 6.56. The lowest BCUT2D eigenvalue weighted by atomic mass is 9.96. The van der Waals surface area contributed by atoms with Crippen LogP contribution in [-0.4, -0.2) is 11.7 Å². The summed E-state index contributed by atoms with van der Waals surface area (Å²) in [6, 6.07) is 5.70.